The maximum atomic E-state index is 12.1. The standard InChI is InChI=1S/C13H24N2O4/c1-9(2)7-11(14)13(18)15-5-3-10(4-6-15)19-8-12(16)17/h9-11H,3-8,14H2,1-2H3,(H,16,17)/t11-/m1/s1. The molecule has 1 aliphatic rings. The van der Waals surface area contributed by atoms with Crippen LogP contribution in [0.2, 0.25) is 0 Å². The van der Waals surface area contributed by atoms with Crippen LogP contribution in [0.15, 0.2) is 0 Å². The molecule has 6 heteroatoms. The number of nitrogens with zero attached hydrogens (tertiary/aromatic N) is 1. The Morgan fingerprint density at radius 2 is 1.95 bits per heavy atom. The Bertz CT molecular complexity index is 312. The van der Waals surface area contributed by atoms with Crippen molar-refractivity contribution in [3.8, 4) is 0 Å². The van der Waals surface area contributed by atoms with Gasteiger partial charge in [0, 0.05) is 13.1 Å². The Hall–Kier alpha value is -1.14. The Morgan fingerprint density at radius 3 is 2.42 bits per heavy atom. The van der Waals surface area contributed by atoms with Crippen LogP contribution in [0.5, 0.6) is 0 Å². The molecule has 0 bridgehead atoms. The molecular weight excluding hydrogens is 248 g/mol. The summed E-state index contributed by atoms with van der Waals surface area (Å²) in [6.45, 7) is 4.99. The highest BCUT2D eigenvalue weighted by atomic mass is 16.5. The van der Waals surface area contributed by atoms with Crippen LogP contribution < -0.4 is 5.73 Å². The van der Waals surface area contributed by atoms with Gasteiger partial charge in [-0.1, -0.05) is 13.8 Å². The molecule has 1 amide bonds. The van der Waals surface area contributed by atoms with Gasteiger partial charge in [0.2, 0.25) is 5.91 Å². The highest BCUT2D eigenvalue weighted by Crippen LogP contribution is 2.15. The van der Waals surface area contributed by atoms with Crippen molar-refractivity contribution in [1.29, 1.82) is 0 Å². The fraction of sp³-hybridized carbons (Fsp3) is 0.846. The van der Waals surface area contributed by atoms with E-state index in [4.69, 9.17) is 15.6 Å². The molecule has 1 aliphatic heterocycles. The third kappa shape index (κ3) is 5.57. The van der Waals surface area contributed by atoms with E-state index in [0.717, 1.165) is 0 Å². The topological polar surface area (TPSA) is 92.9 Å². The van der Waals surface area contributed by atoms with Crippen LogP contribution in [0.1, 0.15) is 33.1 Å². The molecule has 1 atom stereocenters. The van der Waals surface area contributed by atoms with Gasteiger partial charge in [-0.05, 0) is 25.2 Å². The number of carbonyl (C=O) groups is 2. The summed E-state index contributed by atoms with van der Waals surface area (Å²) in [6, 6.07) is -0.434. The second kappa shape index (κ2) is 7.45. The van der Waals surface area contributed by atoms with E-state index in [1.807, 2.05) is 13.8 Å². The van der Waals surface area contributed by atoms with Crippen molar-refractivity contribution in [2.24, 2.45) is 11.7 Å². The van der Waals surface area contributed by atoms with E-state index in [-0.39, 0.29) is 18.6 Å². The smallest absolute Gasteiger partial charge is 0.329 e. The number of ether oxygens (including phenoxy) is 1. The number of carbonyl (C=O) groups excluding carboxylic acids is 1. The van der Waals surface area contributed by atoms with Crippen LogP contribution >= 0.6 is 0 Å². The summed E-state index contributed by atoms with van der Waals surface area (Å²) in [5, 5.41) is 8.53. The minimum Gasteiger partial charge on any atom is -0.480 e. The lowest BCUT2D eigenvalue weighted by atomic mass is 10.0. The molecule has 0 unspecified atom stereocenters. The average molecular weight is 272 g/mol. The van der Waals surface area contributed by atoms with Crippen LogP contribution in [0, 0.1) is 5.92 Å². The monoisotopic (exact) mass is 272 g/mol. The fourth-order valence-electron chi connectivity index (χ4n) is 2.28. The van der Waals surface area contributed by atoms with E-state index >= 15 is 0 Å². The lowest BCUT2D eigenvalue weighted by Gasteiger charge is -2.33. The van der Waals surface area contributed by atoms with Gasteiger partial charge in [0.1, 0.15) is 6.61 Å². The maximum absolute atomic E-state index is 12.1. The van der Waals surface area contributed by atoms with E-state index in [2.05, 4.69) is 0 Å². The first-order chi connectivity index (χ1) is 8.90. The molecule has 1 rings (SSSR count). The maximum Gasteiger partial charge on any atom is 0.329 e. The van der Waals surface area contributed by atoms with E-state index in [0.29, 0.717) is 38.3 Å². The first-order valence-electron chi connectivity index (χ1n) is 6.78. The normalized spacial score (nSPS) is 18.6. The largest absolute Gasteiger partial charge is 0.480 e. The predicted octanol–water partition coefficient (Wildman–Crippen LogP) is 0.452. The molecule has 0 aliphatic carbocycles. The number of hydrogen-bond acceptors (Lipinski definition) is 4. The van der Waals surface area contributed by atoms with Gasteiger partial charge in [-0.25, -0.2) is 4.79 Å². The van der Waals surface area contributed by atoms with Crippen LogP contribution in [0.4, 0.5) is 0 Å². The lowest BCUT2D eigenvalue weighted by molar-refractivity contribution is -0.147. The molecule has 1 heterocycles. The van der Waals surface area contributed by atoms with Crippen LogP contribution in [-0.4, -0.2) is 53.7 Å². The van der Waals surface area contributed by atoms with E-state index < -0.39 is 12.0 Å². The minimum atomic E-state index is -0.961. The molecule has 0 radical (unpaired) electrons. The highest BCUT2D eigenvalue weighted by molar-refractivity contribution is 5.81. The molecule has 110 valence electrons. The Labute approximate surface area is 113 Å². The number of rotatable bonds is 6. The highest BCUT2D eigenvalue weighted by Gasteiger charge is 2.27. The number of aliphatic carboxylic acids is 1. The molecule has 3 N–H and O–H groups in total. The van der Waals surface area contributed by atoms with Crippen molar-refractivity contribution in [2.75, 3.05) is 19.7 Å². The average Bonchev–Trinajstić information content (AvgIpc) is 2.35. The number of carboxylic acids is 1. The molecule has 6 nitrogen and oxygen atoms in total. The molecule has 0 aromatic heterocycles. The van der Waals surface area contributed by atoms with Gasteiger partial charge < -0.3 is 20.5 Å². The fourth-order valence-corrected chi connectivity index (χ4v) is 2.28. The summed E-state index contributed by atoms with van der Waals surface area (Å²) in [5.74, 6) is -0.571. The predicted molar refractivity (Wildman–Crippen MR) is 70.6 cm³/mol. The zero-order valence-corrected chi connectivity index (χ0v) is 11.7. The zero-order valence-electron chi connectivity index (χ0n) is 11.7. The number of likely N-dealkylation sites (tertiary alicyclic amines) is 1. The summed E-state index contributed by atoms with van der Waals surface area (Å²) in [7, 11) is 0. The van der Waals surface area contributed by atoms with Crippen molar-refractivity contribution >= 4 is 11.9 Å². The summed E-state index contributed by atoms with van der Waals surface area (Å²) >= 11 is 0. The molecule has 1 saturated heterocycles. The first-order valence-corrected chi connectivity index (χ1v) is 6.78. The summed E-state index contributed by atoms with van der Waals surface area (Å²) < 4.78 is 5.23. The van der Waals surface area contributed by atoms with Crippen molar-refractivity contribution < 1.29 is 19.4 Å². The number of amides is 1. The van der Waals surface area contributed by atoms with Crippen molar-refractivity contribution in [3.05, 3.63) is 0 Å². The van der Waals surface area contributed by atoms with Crippen molar-refractivity contribution in [3.63, 3.8) is 0 Å². The van der Waals surface area contributed by atoms with Gasteiger partial charge in [0.15, 0.2) is 0 Å². The van der Waals surface area contributed by atoms with Gasteiger partial charge in [-0.15, -0.1) is 0 Å². The third-order valence-electron chi connectivity index (χ3n) is 3.24. The number of carboxylic acid groups (broad SMARTS) is 1. The van der Waals surface area contributed by atoms with E-state index in [9.17, 15) is 9.59 Å². The second-order valence-corrected chi connectivity index (χ2v) is 5.47. The number of hydrogen-bond donors (Lipinski definition) is 2. The quantitative estimate of drug-likeness (QED) is 0.732. The Kier molecular flexibility index (Phi) is 6.24. The molecule has 0 spiro atoms. The van der Waals surface area contributed by atoms with Crippen LogP contribution in [-0.2, 0) is 14.3 Å². The molecule has 1 fully saturated rings. The van der Waals surface area contributed by atoms with Crippen LogP contribution in [0.3, 0.4) is 0 Å². The van der Waals surface area contributed by atoms with Gasteiger partial charge in [-0.2, -0.15) is 0 Å². The summed E-state index contributed by atoms with van der Waals surface area (Å²) in [6.07, 6.45) is 1.97. The number of nitrogens with two attached hydrogens (primary N) is 1. The van der Waals surface area contributed by atoms with E-state index in [1.165, 1.54) is 0 Å². The summed E-state index contributed by atoms with van der Waals surface area (Å²) in [4.78, 5) is 24.2. The molecule has 0 aromatic rings. The summed E-state index contributed by atoms with van der Waals surface area (Å²) in [5.41, 5.74) is 5.88. The minimum absolute atomic E-state index is 0.00890. The van der Waals surface area contributed by atoms with Gasteiger partial charge >= 0.3 is 5.97 Å². The van der Waals surface area contributed by atoms with Crippen molar-refractivity contribution in [1.82, 2.24) is 4.90 Å². The van der Waals surface area contributed by atoms with Gasteiger partial charge in [-0.3, -0.25) is 4.79 Å². The SMILES string of the molecule is CC(C)C[C@@H](N)C(=O)N1CCC(OCC(=O)O)CC1. The number of piperidine rings is 1. The van der Waals surface area contributed by atoms with Gasteiger partial charge in [0.05, 0.1) is 12.1 Å². The molecule has 19 heavy (non-hydrogen) atoms. The zero-order chi connectivity index (χ0) is 14.4. The van der Waals surface area contributed by atoms with E-state index in [1.54, 1.807) is 4.90 Å². The Morgan fingerprint density at radius 1 is 1.37 bits per heavy atom. The molecule has 0 saturated carbocycles. The van der Waals surface area contributed by atoms with Crippen molar-refractivity contribution in [2.45, 2.75) is 45.3 Å². The Balaban J connectivity index is 2.32. The van der Waals surface area contributed by atoms with Crippen LogP contribution in [0.25, 0.3) is 0 Å². The second-order valence-electron chi connectivity index (χ2n) is 5.47. The molecule has 0 aromatic carbocycles. The third-order valence-corrected chi connectivity index (χ3v) is 3.24. The van der Waals surface area contributed by atoms with Gasteiger partial charge in [0.25, 0.3) is 0 Å². The lowest BCUT2D eigenvalue weighted by Crippen LogP contribution is -2.48. The molecular formula is C13H24N2O4. The first kappa shape index (κ1) is 15.9.